The Morgan fingerprint density at radius 1 is 1.27 bits per heavy atom. The Balaban J connectivity index is 1.50. The molecule has 0 saturated carbocycles. The van der Waals surface area contributed by atoms with E-state index in [2.05, 4.69) is 25.1 Å². The van der Waals surface area contributed by atoms with Crippen molar-refractivity contribution in [3.8, 4) is 0 Å². The largest absolute Gasteiger partial charge is 0.374 e. The number of anilines is 2. The van der Waals surface area contributed by atoms with Crippen molar-refractivity contribution in [3.63, 3.8) is 0 Å². The lowest BCUT2D eigenvalue weighted by Crippen LogP contribution is -2.33. The third-order valence-electron chi connectivity index (χ3n) is 4.04. The minimum Gasteiger partial charge on any atom is -0.374 e. The number of nitrogens with two attached hydrogens (primary N) is 1. The van der Waals surface area contributed by atoms with Crippen molar-refractivity contribution in [2.75, 3.05) is 23.7 Å². The molecule has 0 unspecified atom stereocenters. The number of piperidine rings is 1. The summed E-state index contributed by atoms with van der Waals surface area (Å²) in [7, 11) is 0. The zero-order chi connectivity index (χ0) is 15.1. The van der Waals surface area contributed by atoms with Crippen LogP contribution in [0.5, 0.6) is 0 Å². The van der Waals surface area contributed by atoms with Crippen LogP contribution in [0, 0.1) is 5.82 Å². The zero-order valence-electron chi connectivity index (χ0n) is 11.8. The van der Waals surface area contributed by atoms with E-state index in [9.17, 15) is 4.39 Å². The van der Waals surface area contributed by atoms with E-state index in [4.69, 9.17) is 5.73 Å². The molecule has 8 heteroatoms. The number of rotatable bonds is 2. The average molecular weight is 318 g/mol. The summed E-state index contributed by atoms with van der Waals surface area (Å²) in [5.74, 6) is 1.06. The molecule has 0 radical (unpaired) electrons. The predicted molar refractivity (Wildman–Crippen MR) is 84.6 cm³/mol. The van der Waals surface area contributed by atoms with Crippen LogP contribution in [-0.2, 0) is 0 Å². The first-order valence-electron chi connectivity index (χ1n) is 7.18. The number of nitrogens with one attached hydrogen (secondary N) is 1. The lowest BCUT2D eigenvalue weighted by atomic mass is 9.96. The fraction of sp³-hybridized carbons (Fsp3) is 0.357. The monoisotopic (exact) mass is 318 g/mol. The summed E-state index contributed by atoms with van der Waals surface area (Å²) in [4.78, 5) is 10.0. The highest BCUT2D eigenvalue weighted by Crippen LogP contribution is 2.31. The maximum Gasteiger partial charge on any atom is 0.209 e. The van der Waals surface area contributed by atoms with Gasteiger partial charge in [-0.3, -0.25) is 0 Å². The maximum absolute atomic E-state index is 13.3. The minimum absolute atomic E-state index is 0.244. The Morgan fingerprint density at radius 2 is 2.09 bits per heavy atom. The number of hydrogen-bond acceptors (Lipinski definition) is 6. The highest BCUT2D eigenvalue weighted by atomic mass is 32.1. The van der Waals surface area contributed by atoms with Gasteiger partial charge in [0.25, 0.3) is 0 Å². The lowest BCUT2D eigenvalue weighted by molar-refractivity contribution is 0.488. The number of nitrogens with zero attached hydrogens (tertiary/aromatic N) is 4. The van der Waals surface area contributed by atoms with Crippen molar-refractivity contribution in [2.24, 2.45) is 0 Å². The van der Waals surface area contributed by atoms with Gasteiger partial charge < -0.3 is 15.6 Å². The van der Waals surface area contributed by atoms with Crippen LogP contribution in [0.4, 0.5) is 14.7 Å². The van der Waals surface area contributed by atoms with Crippen LogP contribution in [0.15, 0.2) is 18.2 Å². The molecule has 1 aromatic carbocycles. The number of halogens is 1. The fourth-order valence-corrected chi connectivity index (χ4v) is 3.56. The number of nitrogen functional groups attached to an aromatic ring is 1. The van der Waals surface area contributed by atoms with Gasteiger partial charge in [0.15, 0.2) is 0 Å². The summed E-state index contributed by atoms with van der Waals surface area (Å²) in [6.45, 7) is 1.79. The first-order chi connectivity index (χ1) is 10.7. The highest BCUT2D eigenvalue weighted by Gasteiger charge is 2.24. The molecule has 2 aromatic heterocycles. The first kappa shape index (κ1) is 13.4. The van der Waals surface area contributed by atoms with Crippen molar-refractivity contribution in [1.29, 1.82) is 0 Å². The van der Waals surface area contributed by atoms with Crippen LogP contribution in [0.25, 0.3) is 11.0 Å². The Bertz CT molecular complexity index is 805. The van der Waals surface area contributed by atoms with Gasteiger partial charge in [0.05, 0.1) is 11.0 Å². The molecule has 0 atom stereocenters. The molecule has 0 bridgehead atoms. The summed E-state index contributed by atoms with van der Waals surface area (Å²) in [6, 6.07) is 4.64. The SMILES string of the molecule is Nc1nnc(N2CCC(c3nc4ccc(F)cc4[nH]3)CC2)s1. The van der Waals surface area contributed by atoms with Crippen LogP contribution in [0.3, 0.4) is 0 Å². The van der Waals surface area contributed by atoms with Crippen LogP contribution < -0.4 is 10.6 Å². The summed E-state index contributed by atoms with van der Waals surface area (Å²) >= 11 is 1.41. The number of benzene rings is 1. The van der Waals surface area contributed by atoms with Gasteiger partial charge in [-0.1, -0.05) is 11.3 Å². The zero-order valence-corrected chi connectivity index (χ0v) is 12.6. The van der Waals surface area contributed by atoms with E-state index in [1.165, 1.54) is 23.5 Å². The second-order valence-electron chi connectivity index (χ2n) is 5.47. The second kappa shape index (κ2) is 5.20. The molecular weight excluding hydrogens is 303 g/mol. The van der Waals surface area contributed by atoms with E-state index in [-0.39, 0.29) is 5.82 Å². The smallest absolute Gasteiger partial charge is 0.209 e. The van der Waals surface area contributed by atoms with Gasteiger partial charge in [0, 0.05) is 19.0 Å². The summed E-state index contributed by atoms with van der Waals surface area (Å²) < 4.78 is 13.3. The average Bonchev–Trinajstić information content (AvgIpc) is 3.13. The summed E-state index contributed by atoms with van der Waals surface area (Å²) in [6.07, 6.45) is 1.95. The van der Waals surface area contributed by atoms with Crippen molar-refractivity contribution in [3.05, 3.63) is 29.8 Å². The number of imidazole rings is 1. The van der Waals surface area contributed by atoms with Gasteiger partial charge in [0.1, 0.15) is 11.6 Å². The van der Waals surface area contributed by atoms with Crippen LogP contribution in [-0.4, -0.2) is 33.3 Å². The number of H-pyrrole nitrogens is 1. The van der Waals surface area contributed by atoms with E-state index in [1.54, 1.807) is 6.07 Å². The molecule has 3 heterocycles. The van der Waals surface area contributed by atoms with Crippen molar-refractivity contribution in [1.82, 2.24) is 20.2 Å². The molecule has 22 heavy (non-hydrogen) atoms. The Labute approximate surface area is 130 Å². The van der Waals surface area contributed by atoms with Crippen molar-refractivity contribution < 1.29 is 4.39 Å². The molecule has 1 aliphatic rings. The number of aromatic amines is 1. The minimum atomic E-state index is -0.244. The quantitative estimate of drug-likeness (QED) is 0.758. The molecule has 0 aliphatic carbocycles. The van der Waals surface area contributed by atoms with Crippen molar-refractivity contribution in [2.45, 2.75) is 18.8 Å². The third kappa shape index (κ3) is 2.39. The van der Waals surface area contributed by atoms with Gasteiger partial charge >= 0.3 is 0 Å². The number of aromatic nitrogens is 4. The van der Waals surface area contributed by atoms with Gasteiger partial charge in [-0.25, -0.2) is 9.37 Å². The summed E-state index contributed by atoms with van der Waals surface area (Å²) in [5, 5.41) is 9.32. The van der Waals surface area contributed by atoms with Crippen LogP contribution in [0.2, 0.25) is 0 Å². The van der Waals surface area contributed by atoms with Crippen molar-refractivity contribution >= 4 is 32.6 Å². The Hall–Kier alpha value is -2.22. The standard InChI is InChI=1S/C14H15FN6S/c15-9-1-2-10-11(7-9)18-12(17-10)8-3-5-21(6-4-8)14-20-19-13(16)22-14/h1-2,7-8H,3-6H2,(H2,16,19)(H,17,18). The first-order valence-corrected chi connectivity index (χ1v) is 8.00. The van der Waals surface area contributed by atoms with E-state index in [1.807, 2.05) is 0 Å². The predicted octanol–water partition coefficient (Wildman–Crippen LogP) is 2.52. The normalized spacial score (nSPS) is 16.5. The van der Waals surface area contributed by atoms with Gasteiger partial charge in [-0.05, 0) is 31.0 Å². The molecule has 3 aromatic rings. The van der Waals surface area contributed by atoms with E-state index < -0.39 is 0 Å². The van der Waals surface area contributed by atoms with E-state index in [0.29, 0.717) is 11.0 Å². The fourth-order valence-electron chi connectivity index (χ4n) is 2.89. The van der Waals surface area contributed by atoms with Gasteiger partial charge in [-0.2, -0.15) is 0 Å². The molecule has 4 rings (SSSR count). The topological polar surface area (TPSA) is 83.7 Å². The highest BCUT2D eigenvalue weighted by molar-refractivity contribution is 7.18. The lowest BCUT2D eigenvalue weighted by Gasteiger charge is -2.30. The molecule has 0 spiro atoms. The molecule has 0 amide bonds. The molecule has 1 fully saturated rings. The summed E-state index contributed by atoms with van der Waals surface area (Å²) in [5.41, 5.74) is 7.21. The number of fused-ring (bicyclic) bond motifs is 1. The van der Waals surface area contributed by atoms with E-state index >= 15 is 0 Å². The molecule has 114 valence electrons. The molecule has 1 saturated heterocycles. The van der Waals surface area contributed by atoms with Crippen LogP contribution in [0.1, 0.15) is 24.6 Å². The van der Waals surface area contributed by atoms with Gasteiger partial charge in [0.2, 0.25) is 10.3 Å². The Kier molecular flexibility index (Phi) is 3.18. The Morgan fingerprint density at radius 3 is 2.82 bits per heavy atom. The molecular formula is C14H15FN6S. The van der Waals surface area contributed by atoms with E-state index in [0.717, 1.165) is 47.9 Å². The molecule has 3 N–H and O–H groups in total. The van der Waals surface area contributed by atoms with Crippen LogP contribution >= 0.6 is 11.3 Å². The molecule has 6 nitrogen and oxygen atoms in total. The number of hydrogen-bond donors (Lipinski definition) is 2. The second-order valence-corrected chi connectivity index (χ2v) is 6.46. The maximum atomic E-state index is 13.3. The van der Waals surface area contributed by atoms with Gasteiger partial charge in [-0.15, -0.1) is 10.2 Å². The third-order valence-corrected chi connectivity index (χ3v) is 4.86. The molecule has 1 aliphatic heterocycles.